The molecular weight excluding hydrogens is 958 g/mol. The molecule has 68 heavy (non-hydrogen) atoms. The van der Waals surface area contributed by atoms with Gasteiger partial charge in [0, 0.05) is 44.7 Å². The zero-order valence-electron chi connectivity index (χ0n) is 37.5. The lowest BCUT2D eigenvalue weighted by Gasteiger charge is -2.19. The second-order valence-electron chi connectivity index (χ2n) is 14.9. The Morgan fingerprint density at radius 3 is 1.24 bits per heavy atom. The molecule has 0 bridgehead atoms. The minimum atomic E-state index is -1.67. The van der Waals surface area contributed by atoms with E-state index >= 15 is 0 Å². The highest BCUT2D eigenvalue weighted by molar-refractivity contribution is 6.32. The number of azo groups is 2. The van der Waals surface area contributed by atoms with E-state index in [4.69, 9.17) is 55.9 Å². The van der Waals surface area contributed by atoms with Crippen LogP contribution in [0, 0.1) is 0 Å². The zero-order valence-corrected chi connectivity index (χ0v) is 40.6. The normalized spacial score (nSPS) is 13.0. The first kappa shape index (κ1) is 52.3. The van der Waals surface area contributed by atoms with Gasteiger partial charge in [-0.15, -0.1) is 23.2 Å². The maximum Gasteiger partial charge on any atom is 0.258 e. The van der Waals surface area contributed by atoms with Gasteiger partial charge in [-0.2, -0.15) is 20.5 Å². The van der Waals surface area contributed by atoms with Crippen molar-refractivity contribution in [3.05, 3.63) is 129 Å². The van der Waals surface area contributed by atoms with E-state index in [9.17, 15) is 28.8 Å². The molecule has 4 unspecified atom stereocenters. The molecule has 4 amide bonds. The fourth-order valence-corrected chi connectivity index (χ4v) is 7.26. The number of amides is 4. The molecule has 4 N–H and O–H groups in total. The molecule has 0 spiro atoms. The first-order valence-corrected chi connectivity index (χ1v) is 22.6. The second-order valence-corrected chi connectivity index (χ2v) is 17.0. The van der Waals surface area contributed by atoms with Gasteiger partial charge >= 0.3 is 0 Å². The SMILES string of the molecule is CCOc1cc(NC(=O)C(N=Nc2cc(Cl)cc(C(=O)Nc3ccccc3C(C)Cl)c2)C(C)=O)c(OCC)cc1NC(=O)C(N=Nc1cc(Cl)cc(C(=O)Nc2ccccc2C(C)Cl)c1)C(C)=O. The largest absolute Gasteiger partial charge is 0.492 e. The van der Waals surface area contributed by atoms with Crippen LogP contribution in [0.3, 0.4) is 0 Å². The van der Waals surface area contributed by atoms with Crippen molar-refractivity contribution in [1.82, 2.24) is 0 Å². The fraction of sp³-hybridized carbons (Fsp3) is 0.250. The van der Waals surface area contributed by atoms with Crippen LogP contribution in [0.5, 0.6) is 11.5 Å². The molecule has 354 valence electrons. The lowest BCUT2D eigenvalue weighted by molar-refractivity contribution is -0.127. The number of hydrogen-bond acceptors (Lipinski definition) is 12. The Morgan fingerprint density at radius 2 is 0.897 bits per heavy atom. The molecule has 5 aromatic rings. The predicted octanol–water partition coefficient (Wildman–Crippen LogP) is 12.3. The molecule has 0 aliphatic heterocycles. The van der Waals surface area contributed by atoms with Crippen LogP contribution in [0.2, 0.25) is 10.0 Å². The molecule has 5 aromatic carbocycles. The topological polar surface area (TPSA) is 218 Å². The van der Waals surface area contributed by atoms with E-state index in [0.717, 1.165) is 13.8 Å². The van der Waals surface area contributed by atoms with Crippen LogP contribution in [0.25, 0.3) is 0 Å². The summed E-state index contributed by atoms with van der Waals surface area (Å²) in [5, 5.41) is 26.6. The van der Waals surface area contributed by atoms with Crippen molar-refractivity contribution >= 4 is 116 Å². The van der Waals surface area contributed by atoms with E-state index in [2.05, 4.69) is 41.7 Å². The number of halogens is 4. The van der Waals surface area contributed by atoms with E-state index in [1.807, 2.05) is 0 Å². The number of carbonyl (C=O) groups excluding carboxylic acids is 6. The Balaban J connectivity index is 1.35. The van der Waals surface area contributed by atoms with E-state index < -0.39 is 47.3 Å². The molecule has 0 aliphatic carbocycles. The Kier molecular flexibility index (Phi) is 18.7. The number of nitrogens with zero attached hydrogens (tertiary/aromatic N) is 4. The number of nitrogens with one attached hydrogen (secondary N) is 4. The van der Waals surface area contributed by atoms with Gasteiger partial charge < -0.3 is 30.7 Å². The number of alkyl halides is 2. The van der Waals surface area contributed by atoms with Crippen LogP contribution < -0.4 is 30.7 Å². The van der Waals surface area contributed by atoms with Gasteiger partial charge in [-0.1, -0.05) is 59.6 Å². The number of Topliss-reactive ketones (excluding diaryl/α,β-unsaturated/α-hetero) is 2. The Bertz CT molecular complexity index is 2600. The summed E-state index contributed by atoms with van der Waals surface area (Å²) in [6.45, 7) is 9.41. The van der Waals surface area contributed by atoms with E-state index in [-0.39, 0.29) is 79.4 Å². The molecule has 4 atom stereocenters. The third kappa shape index (κ3) is 14.2. The quantitative estimate of drug-likeness (QED) is 0.0333. The summed E-state index contributed by atoms with van der Waals surface area (Å²) in [6, 6.07) is 21.9. The molecule has 0 fully saturated rings. The van der Waals surface area contributed by atoms with E-state index in [0.29, 0.717) is 22.5 Å². The highest BCUT2D eigenvalue weighted by atomic mass is 35.5. The van der Waals surface area contributed by atoms with Gasteiger partial charge in [0.15, 0.2) is 11.6 Å². The van der Waals surface area contributed by atoms with E-state index in [1.165, 1.54) is 48.5 Å². The van der Waals surface area contributed by atoms with Gasteiger partial charge in [0.05, 0.1) is 46.7 Å². The molecule has 0 aliphatic rings. The lowest BCUT2D eigenvalue weighted by Crippen LogP contribution is -2.32. The first-order chi connectivity index (χ1) is 32.4. The summed E-state index contributed by atoms with van der Waals surface area (Å²) in [6.07, 6.45) is 0. The third-order valence-corrected chi connectivity index (χ3v) is 10.5. The van der Waals surface area contributed by atoms with Crippen LogP contribution >= 0.6 is 46.4 Å². The summed E-state index contributed by atoms with van der Waals surface area (Å²) in [5.41, 5.74) is 2.90. The van der Waals surface area contributed by atoms with Crippen molar-refractivity contribution in [3.63, 3.8) is 0 Å². The summed E-state index contributed by atoms with van der Waals surface area (Å²) in [7, 11) is 0. The average Bonchev–Trinajstić information content (AvgIpc) is 3.27. The summed E-state index contributed by atoms with van der Waals surface area (Å²) < 4.78 is 11.6. The fourth-order valence-electron chi connectivity index (χ4n) is 6.42. The second kappa shape index (κ2) is 24.3. The first-order valence-electron chi connectivity index (χ1n) is 21.0. The minimum absolute atomic E-state index is 0.0391. The molecule has 0 saturated carbocycles. The molecular formula is C48H46Cl4N8O8. The maximum absolute atomic E-state index is 13.7. The lowest BCUT2D eigenvalue weighted by atomic mass is 10.1. The number of hydrogen-bond donors (Lipinski definition) is 4. The molecule has 16 nitrogen and oxygen atoms in total. The molecule has 0 heterocycles. The molecule has 0 aromatic heterocycles. The number of rotatable bonds is 20. The number of anilines is 4. The average molecular weight is 1000 g/mol. The number of para-hydroxylation sites is 2. The van der Waals surface area contributed by atoms with Crippen molar-refractivity contribution in [3.8, 4) is 11.5 Å². The maximum atomic E-state index is 13.7. The van der Waals surface area contributed by atoms with Crippen molar-refractivity contribution in [1.29, 1.82) is 0 Å². The predicted molar refractivity (Wildman–Crippen MR) is 264 cm³/mol. The number of benzene rings is 5. The van der Waals surface area contributed by atoms with Crippen LogP contribution in [-0.4, -0.2) is 60.5 Å². The highest BCUT2D eigenvalue weighted by Gasteiger charge is 2.28. The zero-order chi connectivity index (χ0) is 49.7. The molecule has 0 radical (unpaired) electrons. The Labute approximate surface area is 412 Å². The number of carbonyl (C=O) groups is 6. The van der Waals surface area contributed by atoms with Crippen molar-refractivity contribution in [2.75, 3.05) is 34.5 Å². The van der Waals surface area contributed by atoms with Gasteiger partial charge in [0.25, 0.3) is 23.6 Å². The van der Waals surface area contributed by atoms with Gasteiger partial charge in [0.1, 0.15) is 11.5 Å². The smallest absolute Gasteiger partial charge is 0.258 e. The Morgan fingerprint density at radius 1 is 0.529 bits per heavy atom. The van der Waals surface area contributed by atoms with Crippen molar-refractivity contribution in [2.24, 2.45) is 20.5 Å². The highest BCUT2D eigenvalue weighted by Crippen LogP contribution is 2.38. The van der Waals surface area contributed by atoms with E-state index in [1.54, 1.807) is 76.2 Å². The Hall–Kier alpha value is -6.72. The standard InChI is InChI=1S/C48H46Cl4N8O8/c1-7-67-41-23-40(56-48(66)44(28(6)62)60-58-34-20-30(18-32(52)22-34)46(64)54-38-16-12-10-14-36(38)26(4)50)42(68-8-2)24-39(41)55-47(65)43(27(5)61)59-57-33-19-29(17-31(51)21-33)45(63)53-37-15-11-9-13-35(37)25(3)49/h9-26,43-44H,7-8H2,1-6H3,(H,53,63)(H,54,64)(H,55,65)(H,56,66). The van der Waals surface area contributed by atoms with Crippen LogP contribution in [0.4, 0.5) is 34.1 Å². The van der Waals surface area contributed by atoms with Gasteiger partial charge in [-0.05, 0) is 101 Å². The van der Waals surface area contributed by atoms with Gasteiger partial charge in [-0.3, -0.25) is 28.8 Å². The molecule has 5 rings (SSSR count). The monoisotopic (exact) mass is 1000 g/mol. The number of ether oxygens (including phenoxy) is 2. The third-order valence-electron chi connectivity index (χ3n) is 9.61. The van der Waals surface area contributed by atoms with Crippen molar-refractivity contribution < 1.29 is 38.2 Å². The van der Waals surface area contributed by atoms with Crippen LogP contribution in [-0.2, 0) is 19.2 Å². The molecule has 0 saturated heterocycles. The summed E-state index contributed by atoms with van der Waals surface area (Å²) >= 11 is 25.3. The van der Waals surface area contributed by atoms with Crippen LogP contribution in [0.1, 0.15) is 84.1 Å². The van der Waals surface area contributed by atoms with Crippen LogP contribution in [0.15, 0.2) is 118 Å². The summed E-state index contributed by atoms with van der Waals surface area (Å²) in [4.78, 5) is 79.5. The van der Waals surface area contributed by atoms with Crippen molar-refractivity contribution in [2.45, 2.75) is 64.4 Å². The summed E-state index contributed by atoms with van der Waals surface area (Å²) in [5.74, 6) is -4.09. The minimum Gasteiger partial charge on any atom is -0.492 e. The number of ketones is 2. The van der Waals surface area contributed by atoms with Gasteiger partial charge in [0.2, 0.25) is 12.1 Å². The van der Waals surface area contributed by atoms with Gasteiger partial charge in [-0.25, -0.2) is 0 Å². The molecule has 20 heteroatoms.